The summed E-state index contributed by atoms with van der Waals surface area (Å²) in [5, 5.41) is 8.77. The molecule has 0 fully saturated rings. The molecular weight excluding hydrogens is 350 g/mol. The largest absolute Gasteiger partial charge is 0.446 e. The van der Waals surface area contributed by atoms with Gasteiger partial charge in [-0.25, -0.2) is 13.2 Å². The minimum atomic E-state index is -3.66. The standard InChI is InChI=1S/C15H17N3O4S2/c1-10(9-16)22-15(19)12(7-8-23-2)17-14-11-5-3-4-6-13(11)24(20,21)18-14/h3-6,10,12H,7-8H2,1-2H3,(H,17,18)/t10-,12-/m0/s1. The van der Waals surface area contributed by atoms with Crippen molar-refractivity contribution >= 4 is 33.6 Å². The van der Waals surface area contributed by atoms with Gasteiger partial charge in [-0.05, 0) is 37.5 Å². The van der Waals surface area contributed by atoms with Gasteiger partial charge in [-0.1, -0.05) is 12.1 Å². The van der Waals surface area contributed by atoms with Gasteiger partial charge in [0.1, 0.15) is 11.9 Å². The molecule has 1 heterocycles. The van der Waals surface area contributed by atoms with Crippen molar-refractivity contribution in [2.75, 3.05) is 12.0 Å². The zero-order chi connectivity index (χ0) is 17.7. The van der Waals surface area contributed by atoms with Crippen LogP contribution in [0.2, 0.25) is 0 Å². The molecule has 0 aliphatic carbocycles. The number of sulfonamides is 1. The van der Waals surface area contributed by atoms with E-state index in [-0.39, 0.29) is 10.7 Å². The molecule has 0 bridgehead atoms. The first-order chi connectivity index (χ1) is 11.4. The van der Waals surface area contributed by atoms with Crippen molar-refractivity contribution in [1.29, 1.82) is 5.26 Å². The quantitative estimate of drug-likeness (QED) is 0.759. The van der Waals surface area contributed by atoms with Crippen LogP contribution in [0.5, 0.6) is 0 Å². The van der Waals surface area contributed by atoms with Crippen molar-refractivity contribution in [3.05, 3.63) is 29.8 Å². The second kappa shape index (κ2) is 7.68. The highest BCUT2D eigenvalue weighted by atomic mass is 32.2. The third kappa shape index (κ3) is 4.07. The summed E-state index contributed by atoms with van der Waals surface area (Å²) in [5.41, 5.74) is 0.424. The van der Waals surface area contributed by atoms with Crippen LogP contribution in [-0.2, 0) is 19.6 Å². The Morgan fingerprint density at radius 3 is 2.83 bits per heavy atom. The molecule has 0 radical (unpaired) electrons. The Labute approximate surface area is 145 Å². The van der Waals surface area contributed by atoms with Crippen molar-refractivity contribution in [3.8, 4) is 6.07 Å². The van der Waals surface area contributed by atoms with Crippen molar-refractivity contribution in [2.45, 2.75) is 30.4 Å². The van der Waals surface area contributed by atoms with Crippen molar-refractivity contribution in [2.24, 2.45) is 4.99 Å². The fourth-order valence-electron chi connectivity index (χ4n) is 2.13. The molecule has 1 aliphatic rings. The molecule has 2 rings (SSSR count). The number of hydrogen-bond acceptors (Lipinski definition) is 7. The summed E-state index contributed by atoms with van der Waals surface area (Å²) in [6.07, 6.45) is 1.38. The van der Waals surface area contributed by atoms with E-state index < -0.39 is 28.1 Å². The second-order valence-electron chi connectivity index (χ2n) is 5.08. The highest BCUT2D eigenvalue weighted by Crippen LogP contribution is 2.23. The van der Waals surface area contributed by atoms with Crippen LogP contribution < -0.4 is 4.72 Å². The van der Waals surface area contributed by atoms with Gasteiger partial charge in [0.15, 0.2) is 12.1 Å². The lowest BCUT2D eigenvalue weighted by molar-refractivity contribution is -0.147. The Balaban J connectivity index is 2.34. The summed E-state index contributed by atoms with van der Waals surface area (Å²) in [4.78, 5) is 16.6. The van der Waals surface area contributed by atoms with Gasteiger partial charge in [0.2, 0.25) is 0 Å². The van der Waals surface area contributed by atoms with Crippen molar-refractivity contribution < 1.29 is 17.9 Å². The van der Waals surface area contributed by atoms with E-state index in [0.29, 0.717) is 17.7 Å². The van der Waals surface area contributed by atoms with E-state index in [2.05, 4.69) is 9.71 Å². The number of thioether (sulfide) groups is 1. The number of esters is 1. The fourth-order valence-corrected chi connectivity index (χ4v) is 3.83. The van der Waals surface area contributed by atoms with Gasteiger partial charge >= 0.3 is 5.97 Å². The van der Waals surface area contributed by atoms with E-state index in [1.165, 1.54) is 24.8 Å². The average molecular weight is 367 g/mol. The van der Waals surface area contributed by atoms with E-state index >= 15 is 0 Å². The summed E-state index contributed by atoms with van der Waals surface area (Å²) in [7, 11) is -3.66. The summed E-state index contributed by atoms with van der Waals surface area (Å²) in [6.45, 7) is 1.46. The minimum Gasteiger partial charge on any atom is -0.446 e. The number of benzene rings is 1. The highest BCUT2D eigenvalue weighted by Gasteiger charge is 2.32. The number of aliphatic imine (C=N–C) groups is 1. The summed E-state index contributed by atoms with van der Waals surface area (Å²) in [5.74, 6) is 0.124. The number of fused-ring (bicyclic) bond motifs is 1. The Hall–Kier alpha value is -2.05. The number of hydrogen-bond donors (Lipinski definition) is 1. The number of ether oxygens (including phenoxy) is 1. The molecule has 0 aromatic heterocycles. The van der Waals surface area contributed by atoms with Crippen LogP contribution in [-0.4, -0.2) is 44.4 Å². The van der Waals surface area contributed by atoms with Crippen LogP contribution >= 0.6 is 11.8 Å². The Bertz CT molecular complexity index is 799. The van der Waals surface area contributed by atoms with Gasteiger partial charge in [0.05, 0.1) is 4.90 Å². The molecular formula is C15H17N3O4S2. The third-order valence-electron chi connectivity index (χ3n) is 3.29. The minimum absolute atomic E-state index is 0.123. The molecule has 128 valence electrons. The van der Waals surface area contributed by atoms with E-state index in [1.54, 1.807) is 18.2 Å². The second-order valence-corrected chi connectivity index (χ2v) is 7.72. The van der Waals surface area contributed by atoms with Crippen LogP contribution in [0.25, 0.3) is 0 Å². The summed E-state index contributed by atoms with van der Waals surface area (Å²) < 4.78 is 31.6. The third-order valence-corrected chi connectivity index (χ3v) is 5.33. The molecule has 1 aromatic carbocycles. The van der Waals surface area contributed by atoms with Crippen LogP contribution in [0, 0.1) is 11.3 Å². The van der Waals surface area contributed by atoms with Gasteiger partial charge in [-0.15, -0.1) is 0 Å². The van der Waals surface area contributed by atoms with Crippen LogP contribution in [0.3, 0.4) is 0 Å². The molecule has 1 N–H and O–H groups in total. The molecule has 0 spiro atoms. The van der Waals surface area contributed by atoms with Gasteiger partial charge in [0.25, 0.3) is 10.0 Å². The van der Waals surface area contributed by atoms with Gasteiger partial charge in [-0.2, -0.15) is 17.0 Å². The monoisotopic (exact) mass is 367 g/mol. The first kappa shape index (κ1) is 18.3. The molecule has 7 nitrogen and oxygen atoms in total. The van der Waals surface area contributed by atoms with E-state index in [4.69, 9.17) is 10.00 Å². The van der Waals surface area contributed by atoms with Gasteiger partial charge in [0, 0.05) is 5.56 Å². The topological polar surface area (TPSA) is 109 Å². The van der Waals surface area contributed by atoms with Crippen molar-refractivity contribution in [1.82, 2.24) is 4.72 Å². The molecule has 1 aliphatic heterocycles. The van der Waals surface area contributed by atoms with Gasteiger partial charge in [-0.3, -0.25) is 9.71 Å². The molecule has 0 amide bonds. The summed E-state index contributed by atoms with van der Waals surface area (Å²) in [6, 6.07) is 7.37. The number of carbonyl (C=O) groups excluding carboxylic acids is 1. The Morgan fingerprint density at radius 1 is 1.46 bits per heavy atom. The number of nitriles is 1. The number of rotatable bonds is 6. The first-order valence-corrected chi connectivity index (χ1v) is 10.1. The molecule has 0 unspecified atom stereocenters. The Morgan fingerprint density at radius 2 is 2.17 bits per heavy atom. The zero-order valence-electron chi connectivity index (χ0n) is 13.2. The molecule has 0 saturated carbocycles. The van der Waals surface area contributed by atoms with Gasteiger partial charge < -0.3 is 4.74 Å². The predicted molar refractivity (Wildman–Crippen MR) is 91.3 cm³/mol. The van der Waals surface area contributed by atoms with Crippen molar-refractivity contribution in [3.63, 3.8) is 0 Å². The SMILES string of the molecule is CSCC[C@H](N=C1NS(=O)(=O)c2ccccc21)C(=O)O[C@@H](C)C#N. The average Bonchev–Trinajstić information content (AvgIpc) is 2.82. The van der Waals surface area contributed by atoms with Crippen LogP contribution in [0.15, 0.2) is 34.2 Å². The maximum atomic E-state index is 12.2. The number of nitrogens with one attached hydrogen (secondary N) is 1. The van der Waals surface area contributed by atoms with E-state index in [9.17, 15) is 13.2 Å². The lowest BCUT2D eigenvalue weighted by Crippen LogP contribution is -2.30. The molecule has 2 atom stereocenters. The van der Waals surface area contributed by atoms with E-state index in [1.807, 2.05) is 12.3 Å². The maximum Gasteiger partial charge on any atom is 0.332 e. The summed E-state index contributed by atoms with van der Waals surface area (Å²) >= 11 is 1.53. The normalized spacial score (nSPS) is 19.0. The first-order valence-electron chi connectivity index (χ1n) is 7.18. The lowest BCUT2D eigenvalue weighted by Gasteiger charge is -2.14. The molecule has 9 heteroatoms. The highest BCUT2D eigenvalue weighted by molar-refractivity contribution is 7.98. The predicted octanol–water partition coefficient (Wildman–Crippen LogP) is 1.30. The number of amidine groups is 1. The number of carbonyl (C=O) groups is 1. The fraction of sp³-hybridized carbons (Fsp3) is 0.400. The maximum absolute atomic E-state index is 12.2. The number of nitrogens with zero attached hydrogens (tertiary/aromatic N) is 2. The Kier molecular flexibility index (Phi) is 5.85. The van der Waals surface area contributed by atoms with E-state index in [0.717, 1.165) is 0 Å². The lowest BCUT2D eigenvalue weighted by atomic mass is 10.2. The zero-order valence-corrected chi connectivity index (χ0v) is 14.9. The smallest absolute Gasteiger partial charge is 0.332 e. The molecule has 1 aromatic rings. The molecule has 24 heavy (non-hydrogen) atoms. The molecule has 0 saturated heterocycles. The van der Waals surface area contributed by atoms with Crippen LogP contribution in [0.4, 0.5) is 0 Å². The van der Waals surface area contributed by atoms with Crippen LogP contribution in [0.1, 0.15) is 18.9 Å².